The molecule has 3 aromatic carbocycles. The highest BCUT2D eigenvalue weighted by atomic mass is 16.4. The summed E-state index contributed by atoms with van der Waals surface area (Å²) in [5.41, 5.74) is 4.97. The summed E-state index contributed by atoms with van der Waals surface area (Å²) >= 11 is 0. The maximum atomic E-state index is 12.3. The average Bonchev–Trinajstić information content (AvgIpc) is 3.31. The molecule has 4 rings (SSSR count). The number of carbonyl (C=O) groups is 2. The Morgan fingerprint density at radius 1 is 1.00 bits per heavy atom. The van der Waals surface area contributed by atoms with Crippen molar-refractivity contribution in [1.29, 1.82) is 0 Å². The third-order valence-corrected chi connectivity index (χ3v) is 5.91. The Hall–Kier alpha value is -4.13. The van der Waals surface area contributed by atoms with E-state index < -0.39 is 17.9 Å². The highest BCUT2D eigenvalue weighted by molar-refractivity contribution is 5.96. The van der Waals surface area contributed by atoms with Gasteiger partial charge in [0.05, 0.1) is 6.04 Å². The smallest absolute Gasteiger partial charge is 0.325 e. The van der Waals surface area contributed by atoms with Crippen LogP contribution >= 0.6 is 0 Å². The number of unbranched alkanes of at least 4 members (excludes halogenated alkanes) is 1. The molecule has 0 bridgehead atoms. The number of hydrogen-bond donors (Lipinski definition) is 3. The molecule has 180 valence electrons. The standard InChI is InChI=1S/C28H29N3O4/c1-3-4-7-23(30-22-16-14-20(15-17-22)26(32)29-18(2)28(33)34)19-10-12-21(13-11-19)27-31-24-8-5-6-9-25(24)35-27/h5-6,8-18,23,30H,3-4,7H2,1-2H3,(H,29,32)(H,33,34)/t18-,23?/m1/s1. The van der Waals surface area contributed by atoms with Gasteiger partial charge in [-0.3, -0.25) is 9.59 Å². The molecular formula is C28H29N3O4. The number of hydrogen-bond acceptors (Lipinski definition) is 5. The van der Waals surface area contributed by atoms with E-state index in [2.05, 4.69) is 34.7 Å². The number of carboxylic acids is 1. The molecule has 0 aliphatic heterocycles. The van der Waals surface area contributed by atoms with Gasteiger partial charge in [-0.15, -0.1) is 0 Å². The van der Waals surface area contributed by atoms with Crippen LogP contribution in [0.25, 0.3) is 22.6 Å². The first-order chi connectivity index (χ1) is 16.9. The minimum atomic E-state index is -1.07. The Kier molecular flexibility index (Phi) is 7.45. The molecule has 1 aromatic heterocycles. The lowest BCUT2D eigenvalue weighted by Gasteiger charge is -2.21. The van der Waals surface area contributed by atoms with Gasteiger partial charge in [-0.25, -0.2) is 4.98 Å². The van der Waals surface area contributed by atoms with Gasteiger partial charge in [0, 0.05) is 16.8 Å². The van der Waals surface area contributed by atoms with E-state index >= 15 is 0 Å². The van der Waals surface area contributed by atoms with Gasteiger partial charge in [-0.1, -0.05) is 44.0 Å². The first-order valence-electron chi connectivity index (χ1n) is 11.8. The SMILES string of the molecule is CCCCC(Nc1ccc(C(=O)N[C@H](C)C(=O)O)cc1)c1ccc(-c2nc3ccccc3o2)cc1. The second-order valence-electron chi connectivity index (χ2n) is 8.56. The van der Waals surface area contributed by atoms with E-state index in [9.17, 15) is 9.59 Å². The van der Waals surface area contributed by atoms with Crippen LogP contribution in [0.15, 0.2) is 77.2 Å². The second kappa shape index (κ2) is 10.9. The van der Waals surface area contributed by atoms with Crippen molar-refractivity contribution in [3.8, 4) is 11.5 Å². The van der Waals surface area contributed by atoms with Crippen LogP contribution in [0.3, 0.4) is 0 Å². The molecule has 0 saturated carbocycles. The van der Waals surface area contributed by atoms with Crippen LogP contribution in [0.2, 0.25) is 0 Å². The average molecular weight is 472 g/mol. The maximum Gasteiger partial charge on any atom is 0.325 e. The van der Waals surface area contributed by atoms with Gasteiger partial charge in [0.1, 0.15) is 11.6 Å². The van der Waals surface area contributed by atoms with E-state index in [4.69, 9.17) is 9.52 Å². The first kappa shape index (κ1) is 24.0. The lowest BCUT2D eigenvalue weighted by atomic mass is 9.99. The molecule has 0 spiro atoms. The molecule has 0 aliphatic rings. The highest BCUT2D eigenvalue weighted by Crippen LogP contribution is 2.29. The summed E-state index contributed by atoms with van der Waals surface area (Å²) in [5, 5.41) is 15.0. The van der Waals surface area contributed by atoms with Crippen molar-refractivity contribution in [2.24, 2.45) is 0 Å². The lowest BCUT2D eigenvalue weighted by molar-refractivity contribution is -0.138. The van der Waals surface area contributed by atoms with E-state index in [1.807, 2.05) is 48.5 Å². The van der Waals surface area contributed by atoms with Crippen LogP contribution in [-0.2, 0) is 4.79 Å². The molecule has 0 radical (unpaired) electrons. The predicted molar refractivity (Wildman–Crippen MR) is 136 cm³/mol. The van der Waals surface area contributed by atoms with E-state index in [1.165, 1.54) is 6.92 Å². The first-order valence-corrected chi connectivity index (χ1v) is 11.8. The van der Waals surface area contributed by atoms with Gasteiger partial charge in [0.15, 0.2) is 5.58 Å². The van der Waals surface area contributed by atoms with Gasteiger partial charge in [0.25, 0.3) is 5.91 Å². The van der Waals surface area contributed by atoms with Crippen LogP contribution in [0, 0.1) is 0 Å². The summed E-state index contributed by atoms with van der Waals surface area (Å²) in [6, 6.07) is 22.2. The minimum absolute atomic E-state index is 0.0966. The number of aliphatic carboxylic acids is 1. The number of anilines is 1. The van der Waals surface area contributed by atoms with Crippen molar-refractivity contribution in [3.05, 3.63) is 83.9 Å². The number of fused-ring (bicyclic) bond motifs is 1. The van der Waals surface area contributed by atoms with Crippen molar-refractivity contribution in [2.45, 2.75) is 45.2 Å². The highest BCUT2D eigenvalue weighted by Gasteiger charge is 2.16. The van der Waals surface area contributed by atoms with Crippen molar-refractivity contribution in [1.82, 2.24) is 10.3 Å². The van der Waals surface area contributed by atoms with E-state index in [-0.39, 0.29) is 6.04 Å². The third kappa shape index (κ3) is 5.87. The van der Waals surface area contributed by atoms with Crippen LogP contribution in [0.4, 0.5) is 5.69 Å². The number of carbonyl (C=O) groups excluding carboxylic acids is 1. The Bertz CT molecular complexity index is 1260. The normalized spacial score (nSPS) is 12.7. The van der Waals surface area contributed by atoms with Crippen LogP contribution < -0.4 is 10.6 Å². The molecule has 0 aliphatic carbocycles. The van der Waals surface area contributed by atoms with Crippen molar-refractivity contribution >= 4 is 28.7 Å². The van der Waals surface area contributed by atoms with E-state index in [1.54, 1.807) is 12.1 Å². The zero-order chi connectivity index (χ0) is 24.8. The largest absolute Gasteiger partial charge is 0.480 e. The summed E-state index contributed by atoms with van der Waals surface area (Å²) in [5.74, 6) is -0.886. The number of rotatable bonds is 10. The molecule has 4 aromatic rings. The minimum Gasteiger partial charge on any atom is -0.480 e. The summed E-state index contributed by atoms with van der Waals surface area (Å²) in [4.78, 5) is 27.8. The van der Waals surface area contributed by atoms with Crippen molar-refractivity contribution in [2.75, 3.05) is 5.32 Å². The summed E-state index contributed by atoms with van der Waals surface area (Å²) < 4.78 is 5.89. The van der Waals surface area contributed by atoms with Crippen LogP contribution in [0.1, 0.15) is 55.1 Å². The number of nitrogens with one attached hydrogen (secondary N) is 2. The Balaban J connectivity index is 1.48. The molecule has 0 fully saturated rings. The zero-order valence-electron chi connectivity index (χ0n) is 19.8. The summed E-state index contributed by atoms with van der Waals surface area (Å²) in [6.45, 7) is 3.60. The van der Waals surface area contributed by atoms with Crippen molar-refractivity contribution < 1.29 is 19.1 Å². The van der Waals surface area contributed by atoms with E-state index in [0.717, 1.165) is 47.2 Å². The van der Waals surface area contributed by atoms with Crippen LogP contribution in [-0.4, -0.2) is 28.0 Å². The molecular weight excluding hydrogens is 442 g/mol. The number of para-hydroxylation sites is 2. The molecule has 1 unspecified atom stereocenters. The topological polar surface area (TPSA) is 104 Å². The molecule has 1 amide bonds. The Labute approximate surface area is 204 Å². The molecule has 3 N–H and O–H groups in total. The third-order valence-electron chi connectivity index (χ3n) is 5.91. The fourth-order valence-electron chi connectivity index (χ4n) is 3.84. The predicted octanol–water partition coefficient (Wildman–Crippen LogP) is 6.04. The summed E-state index contributed by atoms with van der Waals surface area (Å²) in [6.07, 6.45) is 3.11. The lowest BCUT2D eigenvalue weighted by Crippen LogP contribution is -2.38. The maximum absolute atomic E-state index is 12.3. The number of carboxylic acid groups (broad SMARTS) is 1. The summed E-state index contributed by atoms with van der Waals surface area (Å²) in [7, 11) is 0. The quantitative estimate of drug-likeness (QED) is 0.260. The monoisotopic (exact) mass is 471 g/mol. The fraction of sp³-hybridized carbons (Fsp3) is 0.250. The molecule has 35 heavy (non-hydrogen) atoms. The van der Waals surface area contributed by atoms with Gasteiger partial charge in [-0.05, 0) is 67.4 Å². The molecule has 0 saturated heterocycles. The number of amides is 1. The van der Waals surface area contributed by atoms with Gasteiger partial charge < -0.3 is 20.2 Å². The molecule has 2 atom stereocenters. The fourth-order valence-corrected chi connectivity index (χ4v) is 3.84. The van der Waals surface area contributed by atoms with Crippen molar-refractivity contribution in [3.63, 3.8) is 0 Å². The van der Waals surface area contributed by atoms with Gasteiger partial charge in [-0.2, -0.15) is 0 Å². The van der Waals surface area contributed by atoms with E-state index in [0.29, 0.717) is 11.5 Å². The number of aromatic nitrogens is 1. The molecule has 1 heterocycles. The number of benzene rings is 3. The molecule has 7 heteroatoms. The Morgan fingerprint density at radius 3 is 2.37 bits per heavy atom. The van der Waals surface area contributed by atoms with Gasteiger partial charge >= 0.3 is 5.97 Å². The Morgan fingerprint density at radius 2 is 1.71 bits per heavy atom. The van der Waals surface area contributed by atoms with Gasteiger partial charge in [0.2, 0.25) is 5.89 Å². The number of nitrogens with zero attached hydrogens (tertiary/aromatic N) is 1. The number of oxazole rings is 1. The second-order valence-corrected chi connectivity index (χ2v) is 8.56. The zero-order valence-corrected chi connectivity index (χ0v) is 19.8. The van der Waals surface area contributed by atoms with Crippen LogP contribution in [0.5, 0.6) is 0 Å². The molecule has 7 nitrogen and oxygen atoms in total.